The lowest BCUT2D eigenvalue weighted by atomic mass is 10.1. The summed E-state index contributed by atoms with van der Waals surface area (Å²) in [7, 11) is 0. The Bertz CT molecular complexity index is 1300. The molecule has 2 heterocycles. The van der Waals surface area contributed by atoms with E-state index in [4.69, 9.17) is 16.0 Å². The molecule has 4 amide bonds. The molecular weight excluding hydrogens is 438 g/mol. The minimum atomic E-state index is -0.858. The molecule has 160 valence electrons. The van der Waals surface area contributed by atoms with Crippen LogP contribution in [-0.4, -0.2) is 27.7 Å². The summed E-state index contributed by atoms with van der Waals surface area (Å²) < 4.78 is 5.65. The maximum atomic E-state index is 12.9. The summed E-state index contributed by atoms with van der Waals surface area (Å²) >= 11 is 6.12. The number of hydrogen-bond acceptors (Lipinski definition) is 6. The molecule has 10 heteroatoms. The number of carbonyl (C=O) groups excluding carboxylic acids is 3. The molecule has 32 heavy (non-hydrogen) atoms. The number of nitro groups is 1. The lowest BCUT2D eigenvalue weighted by Crippen LogP contribution is -2.53. The zero-order valence-electron chi connectivity index (χ0n) is 16.3. The predicted molar refractivity (Wildman–Crippen MR) is 114 cm³/mol. The van der Waals surface area contributed by atoms with Crippen LogP contribution in [0.4, 0.5) is 10.5 Å². The molecule has 1 saturated heterocycles. The number of halogens is 1. The zero-order chi connectivity index (χ0) is 22.8. The maximum Gasteiger partial charge on any atom is 0.331 e. The highest BCUT2D eigenvalue weighted by Gasteiger charge is 2.36. The van der Waals surface area contributed by atoms with Crippen LogP contribution in [0.1, 0.15) is 11.3 Å². The number of non-ortho nitro benzene ring substituents is 1. The van der Waals surface area contributed by atoms with E-state index < -0.39 is 22.8 Å². The molecule has 0 spiro atoms. The SMILES string of the molecule is O=C1NC(=O)N(Cc2ccccc2Cl)C(=O)C1=Cc1ccc(-c2cccc([N+](=O)[O-])c2)o1. The van der Waals surface area contributed by atoms with Crippen LogP contribution in [0, 0.1) is 10.1 Å². The molecule has 0 atom stereocenters. The lowest BCUT2D eigenvalue weighted by Gasteiger charge is -2.26. The number of benzene rings is 2. The Balaban J connectivity index is 1.62. The predicted octanol–water partition coefficient (Wildman–Crippen LogP) is 4.17. The number of carbonyl (C=O) groups is 3. The number of hydrogen-bond donors (Lipinski definition) is 1. The van der Waals surface area contributed by atoms with Crippen molar-refractivity contribution < 1.29 is 23.7 Å². The molecule has 1 fully saturated rings. The van der Waals surface area contributed by atoms with Crippen molar-refractivity contribution >= 4 is 41.2 Å². The van der Waals surface area contributed by atoms with E-state index in [0.29, 0.717) is 21.9 Å². The van der Waals surface area contributed by atoms with Crippen LogP contribution >= 0.6 is 11.6 Å². The van der Waals surface area contributed by atoms with Gasteiger partial charge in [0, 0.05) is 22.7 Å². The highest BCUT2D eigenvalue weighted by atomic mass is 35.5. The van der Waals surface area contributed by atoms with Gasteiger partial charge in [0.15, 0.2) is 0 Å². The monoisotopic (exact) mass is 451 g/mol. The first-order valence-electron chi connectivity index (χ1n) is 9.30. The standard InChI is InChI=1S/C22H14ClN3O6/c23-18-7-2-1-4-14(18)12-25-21(28)17(20(27)24-22(25)29)11-16-8-9-19(32-16)13-5-3-6-15(10-13)26(30)31/h1-11H,12H2,(H,24,27,29). The van der Waals surface area contributed by atoms with Gasteiger partial charge < -0.3 is 4.42 Å². The van der Waals surface area contributed by atoms with E-state index in [1.807, 2.05) is 0 Å². The van der Waals surface area contributed by atoms with E-state index in [2.05, 4.69) is 5.32 Å². The minimum Gasteiger partial charge on any atom is -0.457 e. The normalized spacial score (nSPS) is 15.2. The summed E-state index contributed by atoms with van der Waals surface area (Å²) in [6.45, 7) is -0.119. The summed E-state index contributed by atoms with van der Waals surface area (Å²) in [6.07, 6.45) is 1.21. The molecule has 0 radical (unpaired) electrons. The molecule has 0 aliphatic carbocycles. The highest BCUT2D eigenvalue weighted by Crippen LogP contribution is 2.27. The zero-order valence-corrected chi connectivity index (χ0v) is 17.0. The maximum absolute atomic E-state index is 12.9. The second-order valence-electron chi connectivity index (χ2n) is 6.81. The molecule has 1 aliphatic rings. The molecule has 0 unspecified atom stereocenters. The quantitative estimate of drug-likeness (QED) is 0.269. The smallest absolute Gasteiger partial charge is 0.331 e. The number of nitro benzene ring substituents is 1. The van der Waals surface area contributed by atoms with Gasteiger partial charge in [0.05, 0.1) is 11.5 Å². The molecule has 4 rings (SSSR count). The minimum absolute atomic E-state index is 0.102. The van der Waals surface area contributed by atoms with Crippen molar-refractivity contribution in [3.8, 4) is 11.3 Å². The Morgan fingerprint density at radius 1 is 1.06 bits per heavy atom. The molecule has 1 aliphatic heterocycles. The van der Waals surface area contributed by atoms with Crippen LogP contribution in [0.15, 0.2) is 70.7 Å². The van der Waals surface area contributed by atoms with Crippen molar-refractivity contribution in [1.82, 2.24) is 10.2 Å². The van der Waals surface area contributed by atoms with Crippen LogP contribution < -0.4 is 5.32 Å². The van der Waals surface area contributed by atoms with E-state index in [-0.39, 0.29) is 23.6 Å². The van der Waals surface area contributed by atoms with E-state index in [1.165, 1.54) is 30.3 Å². The van der Waals surface area contributed by atoms with Gasteiger partial charge in [-0.15, -0.1) is 0 Å². The fourth-order valence-electron chi connectivity index (χ4n) is 3.14. The second-order valence-corrected chi connectivity index (χ2v) is 7.22. The third-order valence-corrected chi connectivity index (χ3v) is 5.10. The van der Waals surface area contributed by atoms with E-state index in [0.717, 1.165) is 4.90 Å². The Morgan fingerprint density at radius 2 is 1.84 bits per heavy atom. The van der Waals surface area contributed by atoms with Gasteiger partial charge in [0.2, 0.25) is 0 Å². The second kappa shape index (κ2) is 8.48. The first-order chi connectivity index (χ1) is 15.3. The molecule has 0 saturated carbocycles. The number of nitrogens with one attached hydrogen (secondary N) is 1. The first kappa shape index (κ1) is 21.0. The first-order valence-corrected chi connectivity index (χ1v) is 9.68. The van der Waals surface area contributed by atoms with Crippen LogP contribution in [0.3, 0.4) is 0 Å². The van der Waals surface area contributed by atoms with Gasteiger partial charge in [-0.05, 0) is 29.8 Å². The van der Waals surface area contributed by atoms with Crippen molar-refractivity contribution in [2.45, 2.75) is 6.54 Å². The molecule has 1 aromatic heterocycles. The Kier molecular flexibility index (Phi) is 5.57. The Hall–Kier alpha value is -4.24. The third kappa shape index (κ3) is 4.14. The number of nitrogens with zero attached hydrogens (tertiary/aromatic N) is 2. The summed E-state index contributed by atoms with van der Waals surface area (Å²) in [5.41, 5.74) is 0.599. The molecular formula is C22H14ClN3O6. The summed E-state index contributed by atoms with van der Waals surface area (Å²) in [5.74, 6) is -1.18. The Morgan fingerprint density at radius 3 is 2.59 bits per heavy atom. The highest BCUT2D eigenvalue weighted by molar-refractivity contribution is 6.32. The van der Waals surface area contributed by atoms with Crippen molar-refractivity contribution in [3.63, 3.8) is 0 Å². The van der Waals surface area contributed by atoms with Gasteiger partial charge in [-0.3, -0.25) is 29.9 Å². The van der Waals surface area contributed by atoms with Gasteiger partial charge in [-0.1, -0.05) is 41.9 Å². The van der Waals surface area contributed by atoms with Gasteiger partial charge in [0.1, 0.15) is 17.1 Å². The molecule has 2 aromatic carbocycles. The summed E-state index contributed by atoms with van der Waals surface area (Å²) in [6, 6.07) is 14.8. The summed E-state index contributed by atoms with van der Waals surface area (Å²) in [4.78, 5) is 48.7. The molecule has 3 aromatic rings. The number of barbiturate groups is 1. The third-order valence-electron chi connectivity index (χ3n) is 4.73. The number of amides is 4. The van der Waals surface area contributed by atoms with Crippen molar-refractivity contribution in [3.05, 3.63) is 92.7 Å². The van der Waals surface area contributed by atoms with Crippen LogP contribution in [0.5, 0.6) is 0 Å². The fourth-order valence-corrected chi connectivity index (χ4v) is 3.33. The fraction of sp³-hybridized carbons (Fsp3) is 0.0455. The Labute approximate surface area is 186 Å². The topological polar surface area (TPSA) is 123 Å². The molecule has 1 N–H and O–H groups in total. The molecule has 0 bridgehead atoms. The van der Waals surface area contributed by atoms with Gasteiger partial charge in [-0.25, -0.2) is 4.79 Å². The van der Waals surface area contributed by atoms with Crippen LogP contribution in [0.25, 0.3) is 17.4 Å². The van der Waals surface area contributed by atoms with E-state index in [9.17, 15) is 24.5 Å². The number of rotatable bonds is 5. The van der Waals surface area contributed by atoms with Crippen molar-refractivity contribution in [1.29, 1.82) is 0 Å². The van der Waals surface area contributed by atoms with Crippen molar-refractivity contribution in [2.75, 3.05) is 0 Å². The van der Waals surface area contributed by atoms with Crippen LogP contribution in [-0.2, 0) is 16.1 Å². The van der Waals surface area contributed by atoms with E-state index in [1.54, 1.807) is 36.4 Å². The lowest BCUT2D eigenvalue weighted by molar-refractivity contribution is -0.384. The van der Waals surface area contributed by atoms with Gasteiger partial charge in [0.25, 0.3) is 17.5 Å². The number of furan rings is 1. The van der Waals surface area contributed by atoms with Gasteiger partial charge >= 0.3 is 6.03 Å². The molecule has 9 nitrogen and oxygen atoms in total. The average molecular weight is 452 g/mol. The summed E-state index contributed by atoms with van der Waals surface area (Å²) in [5, 5.41) is 13.5. The van der Waals surface area contributed by atoms with Crippen molar-refractivity contribution in [2.24, 2.45) is 0 Å². The van der Waals surface area contributed by atoms with E-state index >= 15 is 0 Å². The number of imide groups is 2. The van der Waals surface area contributed by atoms with Crippen LogP contribution in [0.2, 0.25) is 5.02 Å². The number of urea groups is 1. The largest absolute Gasteiger partial charge is 0.457 e. The van der Waals surface area contributed by atoms with Gasteiger partial charge in [-0.2, -0.15) is 0 Å². The average Bonchev–Trinajstić information content (AvgIpc) is 3.24.